The molecular weight excluding hydrogens is 721 g/mol. The van der Waals surface area contributed by atoms with E-state index in [2.05, 4.69) is 185 Å². The van der Waals surface area contributed by atoms with Gasteiger partial charge in [0.25, 0.3) is 0 Å². The van der Waals surface area contributed by atoms with Crippen molar-refractivity contribution < 1.29 is 4.42 Å². The summed E-state index contributed by atoms with van der Waals surface area (Å²) in [5.41, 5.74) is 13.5. The Hall–Kier alpha value is -8.02. The molecule has 9 aromatic carbocycles. The predicted octanol–water partition coefficient (Wildman–Crippen LogP) is 14.2. The Morgan fingerprint density at radius 2 is 1.02 bits per heavy atom. The lowest BCUT2D eigenvalue weighted by Crippen LogP contribution is -2.04. The second kappa shape index (κ2) is 12.2. The fraction of sp³-hybridized carbons (Fsp3) is 0. The molecule has 0 saturated heterocycles. The van der Waals surface area contributed by atoms with Crippen molar-refractivity contribution >= 4 is 76.3 Å². The lowest BCUT2D eigenvalue weighted by Gasteiger charge is -2.12. The number of hydrogen-bond acceptors (Lipinski definition) is 3. The van der Waals surface area contributed by atoms with Crippen molar-refractivity contribution in [1.29, 1.82) is 0 Å². The maximum Gasteiger partial charge on any atom is 0.235 e. The molecule has 59 heavy (non-hydrogen) atoms. The van der Waals surface area contributed by atoms with E-state index in [0.717, 1.165) is 83.0 Å². The summed E-state index contributed by atoms with van der Waals surface area (Å²) in [5.74, 6) is 0.642. The van der Waals surface area contributed by atoms with Crippen LogP contribution in [0.5, 0.6) is 0 Å². The van der Waals surface area contributed by atoms with E-state index in [-0.39, 0.29) is 0 Å². The molecule has 0 radical (unpaired) electrons. The highest BCUT2D eigenvalue weighted by atomic mass is 16.3. The number of hydrogen-bond donors (Lipinski definition) is 0. The Morgan fingerprint density at radius 1 is 0.373 bits per heavy atom. The van der Waals surface area contributed by atoms with Gasteiger partial charge in [-0.2, -0.15) is 0 Å². The molecule has 0 aliphatic heterocycles. The highest BCUT2D eigenvalue weighted by molar-refractivity contribution is 6.27. The number of nitrogens with zero attached hydrogens (tertiary/aromatic N) is 4. The molecule has 0 N–H and O–H groups in total. The maximum atomic E-state index is 6.59. The molecule has 0 spiro atoms. The predicted molar refractivity (Wildman–Crippen MR) is 243 cm³/mol. The molecule has 4 aromatic heterocycles. The second-order valence-electron chi connectivity index (χ2n) is 15.3. The number of aromatic nitrogens is 4. The minimum Gasteiger partial charge on any atom is -0.454 e. The van der Waals surface area contributed by atoms with Gasteiger partial charge in [-0.1, -0.05) is 146 Å². The van der Waals surface area contributed by atoms with Crippen molar-refractivity contribution in [3.05, 3.63) is 194 Å². The van der Waals surface area contributed by atoms with Gasteiger partial charge in [-0.15, -0.1) is 0 Å². The lowest BCUT2D eigenvalue weighted by atomic mass is 9.94. The Bertz CT molecular complexity index is 3720. The fourth-order valence-corrected chi connectivity index (χ4v) is 9.51. The summed E-state index contributed by atoms with van der Waals surface area (Å²) in [7, 11) is 0. The van der Waals surface area contributed by atoms with Crippen LogP contribution in [0.4, 0.5) is 0 Å². The minimum absolute atomic E-state index is 0.642. The molecule has 0 unspecified atom stereocenters. The third-order valence-electron chi connectivity index (χ3n) is 12.1. The summed E-state index contributed by atoms with van der Waals surface area (Å²) < 4.78 is 11.2. The zero-order valence-electron chi connectivity index (χ0n) is 31.7. The van der Waals surface area contributed by atoms with Gasteiger partial charge >= 0.3 is 0 Å². The van der Waals surface area contributed by atoms with Crippen LogP contribution in [0.3, 0.4) is 0 Å². The first kappa shape index (κ1) is 32.1. The quantitative estimate of drug-likeness (QED) is 0.165. The van der Waals surface area contributed by atoms with Gasteiger partial charge in [0.2, 0.25) is 5.95 Å². The third kappa shape index (κ3) is 4.67. The van der Waals surface area contributed by atoms with Crippen molar-refractivity contribution in [2.75, 3.05) is 0 Å². The van der Waals surface area contributed by atoms with E-state index in [1.807, 2.05) is 18.2 Å². The van der Waals surface area contributed by atoms with Gasteiger partial charge in [0.1, 0.15) is 5.58 Å². The van der Waals surface area contributed by atoms with Crippen molar-refractivity contribution in [2.45, 2.75) is 0 Å². The van der Waals surface area contributed by atoms with Gasteiger partial charge in [0.15, 0.2) is 5.58 Å². The first-order valence-corrected chi connectivity index (χ1v) is 20.0. The molecule has 0 bridgehead atoms. The molecule has 0 aliphatic rings. The van der Waals surface area contributed by atoms with Gasteiger partial charge in [-0.3, -0.25) is 4.57 Å². The third-order valence-corrected chi connectivity index (χ3v) is 12.1. The van der Waals surface area contributed by atoms with Gasteiger partial charge in [-0.05, 0) is 70.4 Å². The Balaban J connectivity index is 1.03. The molecule has 0 aliphatic carbocycles. The van der Waals surface area contributed by atoms with Crippen LogP contribution < -0.4 is 0 Å². The number of benzene rings is 9. The number of furan rings is 1. The zero-order valence-corrected chi connectivity index (χ0v) is 31.7. The highest BCUT2D eigenvalue weighted by Crippen LogP contribution is 2.45. The van der Waals surface area contributed by atoms with Crippen LogP contribution in [0.15, 0.2) is 199 Å². The van der Waals surface area contributed by atoms with Crippen LogP contribution in [0.2, 0.25) is 0 Å². The number of para-hydroxylation sites is 3. The van der Waals surface area contributed by atoms with Crippen molar-refractivity contribution in [3.63, 3.8) is 0 Å². The van der Waals surface area contributed by atoms with E-state index in [9.17, 15) is 0 Å². The molecule has 4 heterocycles. The molecule has 0 saturated carbocycles. The molecule has 13 rings (SSSR count). The summed E-state index contributed by atoms with van der Waals surface area (Å²) in [6.07, 6.45) is 0. The number of fused-ring (bicyclic) bond motifs is 6. The highest BCUT2D eigenvalue weighted by Gasteiger charge is 2.23. The minimum atomic E-state index is 0.642. The average Bonchev–Trinajstić information content (AvgIpc) is 3.97. The fourth-order valence-electron chi connectivity index (χ4n) is 9.51. The van der Waals surface area contributed by atoms with Gasteiger partial charge < -0.3 is 8.98 Å². The van der Waals surface area contributed by atoms with E-state index in [1.165, 1.54) is 32.6 Å². The lowest BCUT2D eigenvalue weighted by molar-refractivity contribution is 0.666. The van der Waals surface area contributed by atoms with E-state index < -0.39 is 0 Å². The summed E-state index contributed by atoms with van der Waals surface area (Å²) >= 11 is 0. The van der Waals surface area contributed by atoms with Crippen LogP contribution in [0, 0.1) is 0 Å². The first-order valence-electron chi connectivity index (χ1n) is 20.0. The van der Waals surface area contributed by atoms with Crippen LogP contribution in [0.1, 0.15) is 0 Å². The molecular formula is C54H32N4O. The SMILES string of the molecule is c1ccc(-c2cc(-c3ccccc3)nc(-n3c4ccccc4c4cc(-c5ccc6c7c5ccc5cccc(c57)n6-c5cccc6c5oc5ccccc56)ccc43)n2)cc1. The second-order valence-corrected chi connectivity index (χ2v) is 15.3. The molecule has 274 valence electrons. The monoisotopic (exact) mass is 752 g/mol. The Morgan fingerprint density at radius 3 is 1.83 bits per heavy atom. The average molecular weight is 753 g/mol. The van der Waals surface area contributed by atoms with Crippen LogP contribution in [-0.4, -0.2) is 19.1 Å². The summed E-state index contributed by atoms with van der Waals surface area (Å²) in [6.45, 7) is 0. The topological polar surface area (TPSA) is 48.8 Å². The van der Waals surface area contributed by atoms with Crippen LogP contribution >= 0.6 is 0 Å². The molecule has 13 aromatic rings. The Kier molecular flexibility index (Phi) is 6.66. The zero-order chi connectivity index (χ0) is 38.6. The van der Waals surface area contributed by atoms with E-state index in [0.29, 0.717) is 5.95 Å². The smallest absolute Gasteiger partial charge is 0.235 e. The van der Waals surface area contributed by atoms with Crippen molar-refractivity contribution in [2.24, 2.45) is 0 Å². The largest absolute Gasteiger partial charge is 0.454 e. The van der Waals surface area contributed by atoms with Crippen LogP contribution in [0.25, 0.3) is 122 Å². The Labute approximate surface area is 338 Å². The first-order chi connectivity index (χ1) is 29.3. The van der Waals surface area contributed by atoms with Gasteiger partial charge in [-0.25, -0.2) is 9.97 Å². The van der Waals surface area contributed by atoms with E-state index in [4.69, 9.17) is 14.4 Å². The normalized spacial score (nSPS) is 12.1. The molecule has 0 amide bonds. The van der Waals surface area contributed by atoms with E-state index in [1.54, 1.807) is 0 Å². The molecule has 0 fully saturated rings. The molecule has 5 heteroatoms. The summed E-state index contributed by atoms with van der Waals surface area (Å²) in [5, 5.41) is 9.51. The summed E-state index contributed by atoms with van der Waals surface area (Å²) in [4.78, 5) is 10.5. The van der Waals surface area contributed by atoms with Crippen LogP contribution in [-0.2, 0) is 0 Å². The number of rotatable bonds is 5. The van der Waals surface area contributed by atoms with Gasteiger partial charge in [0, 0.05) is 43.4 Å². The van der Waals surface area contributed by atoms with E-state index >= 15 is 0 Å². The summed E-state index contributed by atoms with van der Waals surface area (Å²) in [6, 6.07) is 68.8. The standard InChI is InChI=1S/C54H32N4O/c1-3-13-33(14-4-1)43-32-44(34-15-5-2-6-16-34)56-54(55-43)58-45-21-9-7-18-38(45)42-31-36(26-29-46(42)58)37-28-30-48-52-40(37)27-25-35-17-11-22-47(51(35)52)57(48)49-23-12-20-41-39-19-8-10-24-50(39)59-53(41)49/h1-32H. The van der Waals surface area contributed by atoms with Gasteiger partial charge in [0.05, 0.1) is 39.1 Å². The van der Waals surface area contributed by atoms with Crippen molar-refractivity contribution in [1.82, 2.24) is 19.1 Å². The van der Waals surface area contributed by atoms with Crippen molar-refractivity contribution in [3.8, 4) is 45.3 Å². The molecule has 0 atom stereocenters. The maximum absolute atomic E-state index is 6.59. The molecule has 5 nitrogen and oxygen atoms in total.